The molecule has 1 aliphatic carbocycles. The first-order valence-corrected chi connectivity index (χ1v) is 10.3. The molecule has 1 N–H and O–H groups in total. The minimum atomic E-state index is -4.56. The van der Waals surface area contributed by atoms with E-state index in [1.807, 2.05) is 30.3 Å². The van der Waals surface area contributed by atoms with Gasteiger partial charge in [-0.2, -0.15) is 13.2 Å². The Balaban J connectivity index is 1.36. The minimum absolute atomic E-state index is 0.00696. The number of carbonyl (C=O) groups is 1. The number of amides is 1. The molecule has 0 saturated heterocycles. The van der Waals surface area contributed by atoms with Crippen molar-refractivity contribution in [3.63, 3.8) is 0 Å². The van der Waals surface area contributed by atoms with Crippen LogP contribution in [0.25, 0.3) is 22.6 Å². The lowest BCUT2D eigenvalue weighted by Crippen LogP contribution is -2.16. The Morgan fingerprint density at radius 2 is 1.76 bits per heavy atom. The molecule has 4 aromatic rings. The van der Waals surface area contributed by atoms with Crippen molar-refractivity contribution >= 4 is 11.6 Å². The highest BCUT2D eigenvalue weighted by Crippen LogP contribution is 2.38. The SMILES string of the molecule is Cc1nc(C(F)(F)F)ccc1C(=O)Nc1ccc(-c2onc3c2CCc2ccccc2-3)cc1. The number of hydrogen-bond donors (Lipinski definition) is 1. The molecule has 2 aromatic heterocycles. The second kappa shape index (κ2) is 7.88. The minimum Gasteiger partial charge on any atom is -0.355 e. The van der Waals surface area contributed by atoms with Crippen molar-refractivity contribution in [2.45, 2.75) is 25.9 Å². The van der Waals surface area contributed by atoms with Crippen molar-refractivity contribution in [2.75, 3.05) is 5.32 Å². The molecule has 2 aromatic carbocycles. The standard InChI is InChI=1S/C25H18F3N3O2/c1-14-18(12-13-21(29-14)25(26,27)28)24(32)30-17-9-6-16(7-10-17)23-20-11-8-15-4-2-3-5-19(15)22(20)31-33-23/h2-7,9-10,12-13H,8,11H2,1H3,(H,30,32). The topological polar surface area (TPSA) is 68.0 Å². The third-order valence-electron chi connectivity index (χ3n) is 5.73. The van der Waals surface area contributed by atoms with E-state index >= 15 is 0 Å². The van der Waals surface area contributed by atoms with E-state index in [0.717, 1.165) is 47.4 Å². The lowest BCUT2D eigenvalue weighted by molar-refractivity contribution is -0.141. The second-order valence-electron chi connectivity index (χ2n) is 7.85. The zero-order valence-corrected chi connectivity index (χ0v) is 17.5. The molecular formula is C25H18F3N3O2. The molecule has 0 spiro atoms. The maximum atomic E-state index is 12.8. The summed E-state index contributed by atoms with van der Waals surface area (Å²) in [5.74, 6) is 0.162. The molecule has 0 aliphatic heterocycles. The van der Waals surface area contributed by atoms with Gasteiger partial charge in [0.1, 0.15) is 11.4 Å². The fourth-order valence-electron chi connectivity index (χ4n) is 4.07. The Bertz CT molecular complexity index is 1360. The van der Waals surface area contributed by atoms with Crippen LogP contribution in [0.4, 0.5) is 18.9 Å². The van der Waals surface area contributed by atoms with Gasteiger partial charge in [-0.1, -0.05) is 29.4 Å². The number of aryl methyl sites for hydroxylation is 2. The first-order chi connectivity index (χ1) is 15.8. The van der Waals surface area contributed by atoms with Crippen molar-refractivity contribution in [1.82, 2.24) is 10.1 Å². The average Bonchev–Trinajstić information content (AvgIpc) is 3.23. The van der Waals surface area contributed by atoms with Crippen LogP contribution in [0, 0.1) is 6.92 Å². The van der Waals surface area contributed by atoms with Crippen LogP contribution in [-0.4, -0.2) is 16.0 Å². The van der Waals surface area contributed by atoms with Crippen molar-refractivity contribution in [3.8, 4) is 22.6 Å². The summed E-state index contributed by atoms with van der Waals surface area (Å²) in [6.45, 7) is 1.37. The number of pyridine rings is 1. The van der Waals surface area contributed by atoms with E-state index in [1.165, 1.54) is 12.5 Å². The van der Waals surface area contributed by atoms with Crippen LogP contribution in [0.2, 0.25) is 0 Å². The third kappa shape index (κ3) is 3.88. The van der Waals surface area contributed by atoms with Gasteiger partial charge in [0.25, 0.3) is 5.91 Å². The van der Waals surface area contributed by atoms with E-state index in [2.05, 4.69) is 21.5 Å². The monoisotopic (exact) mass is 449 g/mol. The maximum Gasteiger partial charge on any atom is 0.433 e. The van der Waals surface area contributed by atoms with Crippen LogP contribution in [0.15, 0.2) is 65.2 Å². The molecule has 5 nitrogen and oxygen atoms in total. The van der Waals surface area contributed by atoms with Gasteiger partial charge < -0.3 is 9.84 Å². The van der Waals surface area contributed by atoms with E-state index in [0.29, 0.717) is 11.4 Å². The number of rotatable bonds is 3. The van der Waals surface area contributed by atoms with Gasteiger partial charge in [-0.3, -0.25) is 4.79 Å². The number of anilines is 1. The first-order valence-electron chi connectivity index (χ1n) is 10.3. The third-order valence-corrected chi connectivity index (χ3v) is 5.73. The number of nitrogens with one attached hydrogen (secondary N) is 1. The molecule has 8 heteroatoms. The summed E-state index contributed by atoms with van der Waals surface area (Å²) in [4.78, 5) is 16.1. The molecule has 0 atom stereocenters. The van der Waals surface area contributed by atoms with Gasteiger partial charge in [0, 0.05) is 22.4 Å². The molecule has 0 radical (unpaired) electrons. The van der Waals surface area contributed by atoms with E-state index in [4.69, 9.17) is 4.52 Å². The highest BCUT2D eigenvalue weighted by molar-refractivity contribution is 6.05. The van der Waals surface area contributed by atoms with Crippen LogP contribution in [0.3, 0.4) is 0 Å². The Morgan fingerprint density at radius 1 is 1.00 bits per heavy atom. The summed E-state index contributed by atoms with van der Waals surface area (Å²) in [7, 11) is 0. The van der Waals surface area contributed by atoms with Crippen LogP contribution in [0.1, 0.15) is 32.9 Å². The van der Waals surface area contributed by atoms with Crippen LogP contribution in [-0.2, 0) is 19.0 Å². The molecule has 0 unspecified atom stereocenters. The summed E-state index contributed by atoms with van der Waals surface area (Å²) in [6, 6.07) is 17.1. The molecule has 166 valence electrons. The van der Waals surface area contributed by atoms with Crippen LogP contribution in [0.5, 0.6) is 0 Å². The van der Waals surface area contributed by atoms with Crippen LogP contribution >= 0.6 is 0 Å². The van der Waals surface area contributed by atoms with E-state index in [-0.39, 0.29) is 11.3 Å². The number of halogens is 3. The highest BCUT2D eigenvalue weighted by Gasteiger charge is 2.33. The summed E-state index contributed by atoms with van der Waals surface area (Å²) in [5, 5.41) is 6.99. The molecule has 5 rings (SSSR count). The lowest BCUT2D eigenvalue weighted by atomic mass is 9.88. The van der Waals surface area contributed by atoms with Crippen molar-refractivity contribution in [2.24, 2.45) is 0 Å². The van der Waals surface area contributed by atoms with Gasteiger partial charge in [-0.25, -0.2) is 4.98 Å². The van der Waals surface area contributed by atoms with Crippen LogP contribution < -0.4 is 5.32 Å². The molecule has 2 heterocycles. The number of nitrogens with zero attached hydrogens (tertiary/aromatic N) is 2. The molecule has 0 fully saturated rings. The zero-order chi connectivity index (χ0) is 23.2. The fourth-order valence-corrected chi connectivity index (χ4v) is 4.07. The number of alkyl halides is 3. The zero-order valence-electron chi connectivity index (χ0n) is 17.5. The Kier molecular flexibility index (Phi) is 5.00. The smallest absolute Gasteiger partial charge is 0.355 e. The molecule has 1 amide bonds. The van der Waals surface area contributed by atoms with Gasteiger partial charge in [0.2, 0.25) is 0 Å². The van der Waals surface area contributed by atoms with Crippen molar-refractivity contribution in [1.29, 1.82) is 0 Å². The fraction of sp³-hybridized carbons (Fsp3) is 0.160. The van der Waals surface area contributed by atoms with Gasteiger partial charge >= 0.3 is 6.18 Å². The summed E-state index contributed by atoms with van der Waals surface area (Å²) >= 11 is 0. The molecule has 0 bridgehead atoms. The number of fused-ring (bicyclic) bond motifs is 3. The largest absolute Gasteiger partial charge is 0.433 e. The number of carbonyl (C=O) groups excluding carboxylic acids is 1. The van der Waals surface area contributed by atoms with Crippen molar-refractivity contribution in [3.05, 3.63) is 88.7 Å². The van der Waals surface area contributed by atoms with E-state index in [1.54, 1.807) is 12.1 Å². The molecule has 0 saturated carbocycles. The predicted octanol–water partition coefficient (Wildman–Crippen LogP) is 6.08. The van der Waals surface area contributed by atoms with E-state index < -0.39 is 17.8 Å². The second-order valence-corrected chi connectivity index (χ2v) is 7.85. The molecular weight excluding hydrogens is 431 g/mol. The predicted molar refractivity (Wildman–Crippen MR) is 117 cm³/mol. The quantitative estimate of drug-likeness (QED) is 0.412. The Hall–Kier alpha value is -3.94. The molecule has 1 aliphatic rings. The summed E-state index contributed by atoms with van der Waals surface area (Å²) in [5.41, 5.74) is 4.62. The normalized spacial score (nSPS) is 12.7. The lowest BCUT2D eigenvalue weighted by Gasteiger charge is -2.14. The average molecular weight is 449 g/mol. The Morgan fingerprint density at radius 3 is 2.48 bits per heavy atom. The van der Waals surface area contributed by atoms with Gasteiger partial charge in [0.05, 0.1) is 11.3 Å². The number of hydrogen-bond acceptors (Lipinski definition) is 4. The van der Waals surface area contributed by atoms with Gasteiger partial charge in [-0.15, -0.1) is 0 Å². The summed E-state index contributed by atoms with van der Waals surface area (Å²) < 4.78 is 44.1. The maximum absolute atomic E-state index is 12.8. The number of benzene rings is 2. The molecule has 33 heavy (non-hydrogen) atoms. The highest BCUT2D eigenvalue weighted by atomic mass is 19.4. The van der Waals surface area contributed by atoms with Gasteiger partial charge in [0.15, 0.2) is 5.76 Å². The summed E-state index contributed by atoms with van der Waals surface area (Å²) in [6.07, 6.45) is -2.83. The van der Waals surface area contributed by atoms with Crippen molar-refractivity contribution < 1.29 is 22.5 Å². The number of aromatic nitrogens is 2. The Labute approximate surface area is 187 Å². The van der Waals surface area contributed by atoms with Gasteiger partial charge in [-0.05, 0) is 61.7 Å². The first kappa shape index (κ1) is 20.9. The van der Waals surface area contributed by atoms with E-state index in [9.17, 15) is 18.0 Å².